The van der Waals surface area contributed by atoms with Crippen LogP contribution in [0, 0.1) is 11.8 Å². The minimum Gasteiger partial charge on any atom is -0.481 e. The zero-order valence-electron chi connectivity index (χ0n) is 48.8. The zero-order valence-corrected chi connectivity index (χ0v) is 48.8. The number of nitrogens with zero attached hydrogens (tertiary/aromatic N) is 2. The number of guanidine groups is 1. The highest BCUT2D eigenvalue weighted by Gasteiger charge is 2.41. The van der Waals surface area contributed by atoms with Crippen LogP contribution in [0.15, 0.2) is 35.5 Å². The molecule has 0 bridgehead atoms. The van der Waals surface area contributed by atoms with Gasteiger partial charge in [0.2, 0.25) is 59.1 Å². The quantitative estimate of drug-likeness (QED) is 0.0171. The molecule has 22 N–H and O–H groups in total. The number of carboxylic acid groups (broad SMARTS) is 2. The van der Waals surface area contributed by atoms with Gasteiger partial charge in [0.1, 0.15) is 60.4 Å². The molecule has 478 valence electrons. The minimum atomic E-state index is -1.82. The van der Waals surface area contributed by atoms with Crippen molar-refractivity contribution in [2.45, 2.75) is 172 Å². The van der Waals surface area contributed by atoms with Crippen molar-refractivity contribution in [2.75, 3.05) is 26.3 Å². The summed E-state index contributed by atoms with van der Waals surface area (Å²) >= 11 is 0. The molecule has 1 saturated heterocycles. The Hall–Kier alpha value is -8.49. The summed E-state index contributed by atoms with van der Waals surface area (Å²) in [6.07, 6.45) is -2.17. The van der Waals surface area contributed by atoms with Crippen molar-refractivity contribution in [1.82, 2.24) is 52.4 Å². The standard InChI is InChI=1S/C54H85N15O17/c1-26(2)20-36(47(79)62-34(15-17-42(74)75)45(77)61-33(12-8-18-59-54(57)58)46(78)68-43(28(5)72)51(83)66-38(53(85)86)21-27(3)4)64-49(81)39(25-71)67-48(80)37(22-29-23-60-32-11-7-6-10-30(29)32)65-50(82)40-13-9-19-69(40)52(84)35(14-16-41(56)73)63-44(76)31(55)24-70/h6-7,10-11,23,26-28,31,33-40,43,60,70-72H,8-9,12-22,24-25,55H2,1-5H3,(H2,56,73)(H,61,77)(H,62,79)(H,63,76)(H,64,81)(H,65,82)(H,66,83)(H,67,80)(H,68,78)(H,74,75)(H,85,86)(H4,57,58,59)/t28-,31+,33+,34+,35+,36+,37+,38+,39+,40+,43+/m1/s1. The Kier molecular flexibility index (Phi) is 29.3. The smallest absolute Gasteiger partial charge is 0.326 e. The lowest BCUT2D eigenvalue weighted by molar-refractivity contribution is -0.143. The number of carbonyl (C=O) groups excluding carboxylic acids is 10. The van der Waals surface area contributed by atoms with E-state index in [4.69, 9.17) is 22.9 Å². The molecule has 32 heteroatoms. The summed E-state index contributed by atoms with van der Waals surface area (Å²) in [7, 11) is 0. The Balaban J connectivity index is 1.93. The van der Waals surface area contributed by atoms with E-state index in [1.54, 1.807) is 58.2 Å². The van der Waals surface area contributed by atoms with Gasteiger partial charge < -0.3 is 101 Å². The number of nitrogens with one attached hydrogen (secondary N) is 9. The predicted octanol–water partition coefficient (Wildman–Crippen LogP) is -5.37. The number of hydrogen-bond acceptors (Lipinski definition) is 17. The molecule has 3 rings (SSSR count). The summed E-state index contributed by atoms with van der Waals surface area (Å²) in [4.78, 5) is 169. The van der Waals surface area contributed by atoms with Gasteiger partial charge in [0, 0.05) is 49.5 Å². The molecule has 1 fully saturated rings. The number of aromatic amines is 1. The molecule has 0 unspecified atom stereocenters. The van der Waals surface area contributed by atoms with Crippen molar-refractivity contribution in [2.24, 2.45) is 39.8 Å². The molecule has 1 aliphatic rings. The first-order valence-electron chi connectivity index (χ1n) is 28.2. The molecule has 10 amide bonds. The van der Waals surface area contributed by atoms with Crippen LogP contribution in [-0.2, 0) is 64.0 Å². The highest BCUT2D eigenvalue weighted by molar-refractivity contribution is 5.99. The van der Waals surface area contributed by atoms with Gasteiger partial charge in [-0.15, -0.1) is 0 Å². The number of para-hydroxylation sites is 1. The Morgan fingerprint density at radius 1 is 0.640 bits per heavy atom. The number of nitrogens with two attached hydrogens (primary N) is 4. The van der Waals surface area contributed by atoms with Crippen LogP contribution in [0.1, 0.15) is 104 Å². The van der Waals surface area contributed by atoms with Gasteiger partial charge in [-0.2, -0.15) is 0 Å². The number of likely N-dealkylation sites (tertiary alicyclic amines) is 1. The number of H-pyrrole nitrogens is 1. The van der Waals surface area contributed by atoms with Crippen LogP contribution < -0.4 is 65.5 Å². The van der Waals surface area contributed by atoms with E-state index >= 15 is 0 Å². The van der Waals surface area contributed by atoms with Crippen LogP contribution in [0.2, 0.25) is 0 Å². The number of aromatic nitrogens is 1. The second-order valence-corrected chi connectivity index (χ2v) is 21.9. The predicted molar refractivity (Wildman–Crippen MR) is 308 cm³/mol. The third-order valence-corrected chi connectivity index (χ3v) is 13.8. The maximum Gasteiger partial charge on any atom is 0.326 e. The zero-order chi connectivity index (χ0) is 64.5. The maximum atomic E-state index is 14.4. The molecule has 2 aromatic rings. The third kappa shape index (κ3) is 23.2. The summed E-state index contributed by atoms with van der Waals surface area (Å²) in [6.45, 7) is 6.02. The number of aliphatic carboxylic acids is 2. The van der Waals surface area contributed by atoms with Gasteiger partial charge in [0.25, 0.3) is 0 Å². The maximum absolute atomic E-state index is 14.4. The van der Waals surface area contributed by atoms with E-state index in [0.29, 0.717) is 22.9 Å². The number of aliphatic hydroxyl groups excluding tert-OH is 3. The van der Waals surface area contributed by atoms with Gasteiger partial charge in [-0.1, -0.05) is 45.9 Å². The number of amides is 10. The van der Waals surface area contributed by atoms with Gasteiger partial charge >= 0.3 is 11.9 Å². The molecule has 0 aliphatic carbocycles. The van der Waals surface area contributed by atoms with E-state index in [9.17, 15) is 83.1 Å². The number of rotatable bonds is 37. The van der Waals surface area contributed by atoms with Crippen molar-refractivity contribution in [3.63, 3.8) is 0 Å². The second-order valence-electron chi connectivity index (χ2n) is 21.9. The number of fused-ring (bicyclic) bond motifs is 1. The molecule has 1 aromatic heterocycles. The fraction of sp³-hybridized carbons (Fsp3) is 0.611. The van der Waals surface area contributed by atoms with Crippen LogP contribution in [-0.4, -0.2) is 205 Å². The lowest BCUT2D eigenvalue weighted by Gasteiger charge is -2.30. The topological polar surface area (TPSA) is 538 Å². The normalized spacial score (nSPS) is 16.5. The van der Waals surface area contributed by atoms with Crippen molar-refractivity contribution >= 4 is 87.9 Å². The van der Waals surface area contributed by atoms with Crippen molar-refractivity contribution < 1.29 is 83.1 Å². The molecule has 11 atom stereocenters. The Morgan fingerprint density at radius 2 is 1.17 bits per heavy atom. The highest BCUT2D eigenvalue weighted by Crippen LogP contribution is 2.23. The highest BCUT2D eigenvalue weighted by atomic mass is 16.4. The van der Waals surface area contributed by atoms with Crippen LogP contribution in [0.3, 0.4) is 0 Å². The number of carbonyl (C=O) groups is 12. The lowest BCUT2D eigenvalue weighted by atomic mass is 10.0. The fourth-order valence-electron chi connectivity index (χ4n) is 9.32. The van der Waals surface area contributed by atoms with E-state index in [1.807, 2.05) is 0 Å². The first-order valence-corrected chi connectivity index (χ1v) is 28.2. The molecular weight excluding hydrogens is 1130 g/mol. The van der Waals surface area contributed by atoms with Crippen molar-refractivity contribution in [3.8, 4) is 0 Å². The first-order chi connectivity index (χ1) is 40.5. The van der Waals surface area contributed by atoms with Crippen molar-refractivity contribution in [3.05, 3.63) is 36.0 Å². The summed E-state index contributed by atoms with van der Waals surface area (Å²) in [5, 5.41) is 70.1. The Labute approximate surface area is 495 Å². The third-order valence-electron chi connectivity index (χ3n) is 13.8. The molecule has 0 saturated carbocycles. The second kappa shape index (κ2) is 35.1. The molecule has 2 heterocycles. The number of hydrogen-bond donors (Lipinski definition) is 18. The number of benzene rings is 1. The largest absolute Gasteiger partial charge is 0.481 e. The van der Waals surface area contributed by atoms with Gasteiger partial charge in [0.15, 0.2) is 5.96 Å². The van der Waals surface area contributed by atoms with Gasteiger partial charge in [-0.05, 0) is 81.8 Å². The fourth-order valence-corrected chi connectivity index (χ4v) is 9.32. The Morgan fingerprint density at radius 3 is 1.76 bits per heavy atom. The van der Waals surface area contributed by atoms with E-state index in [0.717, 1.165) is 11.8 Å². The number of aliphatic imine (C=N–C) groups is 1. The van der Waals surface area contributed by atoms with Gasteiger partial charge in [0.05, 0.1) is 19.3 Å². The van der Waals surface area contributed by atoms with E-state index in [1.165, 1.54) is 0 Å². The molecule has 86 heavy (non-hydrogen) atoms. The average molecular weight is 1220 g/mol. The molecule has 1 aromatic carbocycles. The van der Waals surface area contributed by atoms with Gasteiger partial charge in [-0.25, -0.2) is 4.79 Å². The molecule has 0 spiro atoms. The average Bonchev–Trinajstić information content (AvgIpc) is 3.69. The lowest BCUT2D eigenvalue weighted by Crippen LogP contribution is -2.61. The summed E-state index contributed by atoms with van der Waals surface area (Å²) in [5.41, 5.74) is 23.1. The monoisotopic (exact) mass is 1220 g/mol. The summed E-state index contributed by atoms with van der Waals surface area (Å²) in [6, 6.07) is -8.43. The van der Waals surface area contributed by atoms with Crippen LogP contribution in [0.4, 0.5) is 0 Å². The van der Waals surface area contributed by atoms with Crippen LogP contribution >= 0.6 is 0 Å². The molecule has 32 nitrogen and oxygen atoms in total. The first kappa shape index (κ1) is 71.8. The SMILES string of the molecule is CC(C)C[C@H](NC(=O)[C@@H](NC(=O)[C@H](CCCN=C(N)N)NC(=O)[C@H](CCC(=O)O)NC(=O)[C@H](CC(C)C)NC(=O)[C@H](CO)NC(=O)[C@H](Cc1c[nH]c2ccccc12)NC(=O)[C@@H]1CCCN1C(=O)[C@H](CCC(N)=O)NC(=O)[C@@H](N)CO)[C@@H](C)O)C(=O)O. The molecule has 1 aliphatic heterocycles. The van der Waals surface area contributed by atoms with Crippen LogP contribution in [0.5, 0.6) is 0 Å². The Bertz CT molecular complexity index is 2730. The minimum absolute atomic E-state index is 0.00226. The summed E-state index contributed by atoms with van der Waals surface area (Å²) in [5.74, 6) is -13.4. The number of carboxylic acids is 2. The van der Waals surface area contributed by atoms with Crippen LogP contribution in [0.25, 0.3) is 10.9 Å². The molecule has 0 radical (unpaired) electrons. The van der Waals surface area contributed by atoms with Crippen molar-refractivity contribution in [1.29, 1.82) is 0 Å². The summed E-state index contributed by atoms with van der Waals surface area (Å²) < 4.78 is 0. The van der Waals surface area contributed by atoms with E-state index in [-0.39, 0.29) is 82.3 Å². The molecular formula is C54H85N15O17. The van der Waals surface area contributed by atoms with Gasteiger partial charge in [-0.3, -0.25) is 57.7 Å². The van der Waals surface area contributed by atoms with E-state index < -0.39 is 164 Å². The number of aliphatic hydroxyl groups is 3. The number of primary amides is 1. The van der Waals surface area contributed by atoms with E-state index in [2.05, 4.69) is 52.5 Å².